The zero-order valence-corrected chi connectivity index (χ0v) is 5.91. The summed E-state index contributed by atoms with van der Waals surface area (Å²) in [5.41, 5.74) is 7.68. The second kappa shape index (κ2) is 2.41. The highest BCUT2D eigenvalue weighted by Gasteiger charge is 2.15. The van der Waals surface area contributed by atoms with Gasteiger partial charge in [0.15, 0.2) is 0 Å². The van der Waals surface area contributed by atoms with Crippen molar-refractivity contribution in [1.29, 1.82) is 0 Å². The molecule has 0 radical (unpaired) electrons. The fraction of sp³-hybridized carbons (Fsp3) is 0.143. The summed E-state index contributed by atoms with van der Waals surface area (Å²) >= 11 is 0. The molecule has 0 atom stereocenters. The molecule has 4 nitrogen and oxygen atoms in total. The van der Waals surface area contributed by atoms with Crippen LogP contribution in [0.25, 0.3) is 0 Å². The summed E-state index contributed by atoms with van der Waals surface area (Å²) in [4.78, 5) is 0. The van der Waals surface area contributed by atoms with E-state index >= 15 is 0 Å². The number of benzene rings is 1. The number of para-hydroxylation sites is 2. The highest BCUT2D eigenvalue weighted by Crippen LogP contribution is 2.26. The first-order valence-corrected chi connectivity index (χ1v) is 3.41. The number of rotatable bonds is 1. The van der Waals surface area contributed by atoms with Gasteiger partial charge in [0.2, 0.25) is 0 Å². The molecule has 2 rings (SSSR count). The predicted molar refractivity (Wildman–Crippen MR) is 42.8 cm³/mol. The van der Waals surface area contributed by atoms with Crippen LogP contribution in [0.3, 0.4) is 0 Å². The number of anilines is 2. The van der Waals surface area contributed by atoms with E-state index in [0.717, 1.165) is 11.4 Å². The van der Waals surface area contributed by atoms with Crippen molar-refractivity contribution in [2.45, 2.75) is 0 Å². The Morgan fingerprint density at radius 2 is 2.18 bits per heavy atom. The van der Waals surface area contributed by atoms with Gasteiger partial charge in [-0.15, -0.1) is 5.53 Å². The van der Waals surface area contributed by atoms with E-state index in [1.54, 1.807) is 5.01 Å². The van der Waals surface area contributed by atoms with Crippen LogP contribution in [-0.2, 0) is 0 Å². The minimum absolute atomic E-state index is 0.0377. The highest BCUT2D eigenvalue weighted by atomic mass is 16.3. The van der Waals surface area contributed by atoms with Crippen LogP contribution in [0.2, 0.25) is 0 Å². The number of hydrogen-bond acceptors (Lipinski definition) is 4. The van der Waals surface area contributed by atoms with Crippen molar-refractivity contribution in [3.8, 4) is 0 Å². The van der Waals surface area contributed by atoms with E-state index in [1.165, 1.54) is 0 Å². The van der Waals surface area contributed by atoms with Crippen molar-refractivity contribution in [2.24, 2.45) is 0 Å². The Kier molecular flexibility index (Phi) is 1.41. The summed E-state index contributed by atoms with van der Waals surface area (Å²) in [6.45, 7) is -0.0377. The molecule has 4 heteroatoms. The normalized spacial score (nSPS) is 14.5. The number of nitrogens with one attached hydrogen (secondary N) is 2. The maximum absolute atomic E-state index is 8.84. The summed E-state index contributed by atoms with van der Waals surface area (Å²) in [5, 5.41) is 10.5. The van der Waals surface area contributed by atoms with Gasteiger partial charge in [0, 0.05) is 0 Å². The molecule has 0 saturated heterocycles. The van der Waals surface area contributed by atoms with E-state index in [2.05, 4.69) is 11.0 Å². The summed E-state index contributed by atoms with van der Waals surface area (Å²) < 4.78 is 0. The average Bonchev–Trinajstić information content (AvgIpc) is 2.47. The Balaban J connectivity index is 2.39. The molecule has 1 heterocycles. The largest absolute Gasteiger partial charge is 0.375 e. The van der Waals surface area contributed by atoms with Gasteiger partial charge in [0.25, 0.3) is 0 Å². The van der Waals surface area contributed by atoms with Crippen LogP contribution in [0.1, 0.15) is 0 Å². The van der Waals surface area contributed by atoms with Gasteiger partial charge in [-0.25, -0.2) is 0 Å². The Morgan fingerprint density at radius 1 is 1.36 bits per heavy atom. The predicted octanol–water partition coefficient (Wildman–Crippen LogP) is 0.288. The molecule has 0 amide bonds. The van der Waals surface area contributed by atoms with Gasteiger partial charge < -0.3 is 10.5 Å². The van der Waals surface area contributed by atoms with Crippen LogP contribution in [0.5, 0.6) is 0 Å². The third kappa shape index (κ3) is 0.923. The number of nitrogens with zero attached hydrogens (tertiary/aromatic N) is 1. The molecule has 0 fully saturated rings. The van der Waals surface area contributed by atoms with Gasteiger partial charge in [-0.3, -0.25) is 5.01 Å². The van der Waals surface area contributed by atoms with E-state index in [-0.39, 0.29) is 6.73 Å². The fourth-order valence-electron chi connectivity index (χ4n) is 1.11. The first-order chi connectivity index (χ1) is 5.42. The average molecular weight is 151 g/mol. The van der Waals surface area contributed by atoms with Gasteiger partial charge in [-0.2, -0.15) is 0 Å². The Morgan fingerprint density at radius 3 is 3.00 bits per heavy atom. The van der Waals surface area contributed by atoms with Crippen LogP contribution in [0, 0.1) is 0 Å². The lowest BCUT2D eigenvalue weighted by molar-refractivity contribution is 0.282. The first kappa shape index (κ1) is 6.45. The van der Waals surface area contributed by atoms with Crippen molar-refractivity contribution in [3.63, 3.8) is 0 Å². The maximum atomic E-state index is 8.84. The van der Waals surface area contributed by atoms with Crippen LogP contribution in [0.15, 0.2) is 24.3 Å². The molecule has 0 bridgehead atoms. The second-order valence-electron chi connectivity index (χ2n) is 2.32. The second-order valence-corrected chi connectivity index (χ2v) is 2.32. The van der Waals surface area contributed by atoms with Crippen molar-refractivity contribution >= 4 is 11.4 Å². The SMILES string of the molecule is OCN1NNc2ccccc21. The molecular weight excluding hydrogens is 142 g/mol. The molecule has 3 N–H and O–H groups in total. The molecule has 1 aliphatic heterocycles. The van der Waals surface area contributed by atoms with Gasteiger partial charge >= 0.3 is 0 Å². The van der Waals surface area contributed by atoms with E-state index in [0.29, 0.717) is 0 Å². The molecule has 1 aliphatic rings. The summed E-state index contributed by atoms with van der Waals surface area (Å²) in [7, 11) is 0. The van der Waals surface area contributed by atoms with Crippen LogP contribution >= 0.6 is 0 Å². The molecule has 1 aromatic rings. The molecule has 1 aromatic carbocycles. The lowest BCUT2D eigenvalue weighted by Gasteiger charge is -2.12. The highest BCUT2D eigenvalue weighted by molar-refractivity contribution is 5.72. The molecule has 0 saturated carbocycles. The van der Waals surface area contributed by atoms with Crippen LogP contribution < -0.4 is 16.0 Å². The maximum Gasteiger partial charge on any atom is 0.132 e. The summed E-state index contributed by atoms with van der Waals surface area (Å²) in [6.07, 6.45) is 0. The molecule has 0 spiro atoms. The molecular formula is C7H9N3O. The van der Waals surface area contributed by atoms with Crippen molar-refractivity contribution in [3.05, 3.63) is 24.3 Å². The summed E-state index contributed by atoms with van der Waals surface area (Å²) in [5.74, 6) is 0. The Bertz CT molecular complexity index is 264. The molecule has 58 valence electrons. The Hall–Kier alpha value is -1.26. The van der Waals surface area contributed by atoms with E-state index in [9.17, 15) is 0 Å². The zero-order valence-electron chi connectivity index (χ0n) is 5.91. The van der Waals surface area contributed by atoms with Gasteiger partial charge in [-0.05, 0) is 12.1 Å². The van der Waals surface area contributed by atoms with E-state index in [4.69, 9.17) is 5.11 Å². The van der Waals surface area contributed by atoms with Gasteiger partial charge in [0.05, 0.1) is 11.4 Å². The van der Waals surface area contributed by atoms with E-state index in [1.807, 2.05) is 24.3 Å². The van der Waals surface area contributed by atoms with Gasteiger partial charge in [0.1, 0.15) is 6.73 Å². The van der Waals surface area contributed by atoms with Crippen LogP contribution in [-0.4, -0.2) is 11.8 Å². The van der Waals surface area contributed by atoms with E-state index < -0.39 is 0 Å². The monoisotopic (exact) mass is 151 g/mol. The van der Waals surface area contributed by atoms with Crippen molar-refractivity contribution in [1.82, 2.24) is 5.53 Å². The summed E-state index contributed by atoms with van der Waals surface area (Å²) in [6, 6.07) is 7.74. The third-order valence-electron chi connectivity index (χ3n) is 1.66. The smallest absolute Gasteiger partial charge is 0.132 e. The van der Waals surface area contributed by atoms with Crippen LogP contribution in [0.4, 0.5) is 11.4 Å². The zero-order chi connectivity index (χ0) is 7.68. The molecule has 0 aliphatic carbocycles. The fourth-order valence-corrected chi connectivity index (χ4v) is 1.11. The molecule has 11 heavy (non-hydrogen) atoms. The number of aliphatic hydroxyl groups is 1. The van der Waals surface area contributed by atoms with Crippen molar-refractivity contribution in [2.75, 3.05) is 17.2 Å². The molecule has 0 unspecified atom stereocenters. The number of hydrazine groups is 2. The lowest BCUT2D eigenvalue weighted by Crippen LogP contribution is -2.36. The first-order valence-electron chi connectivity index (χ1n) is 3.41. The topological polar surface area (TPSA) is 47.5 Å². The number of hydrogen-bond donors (Lipinski definition) is 3. The minimum Gasteiger partial charge on any atom is -0.375 e. The minimum atomic E-state index is -0.0377. The number of aliphatic hydroxyl groups excluding tert-OH is 1. The van der Waals surface area contributed by atoms with Crippen molar-refractivity contribution < 1.29 is 5.11 Å². The quantitative estimate of drug-likeness (QED) is 0.540. The van der Waals surface area contributed by atoms with Gasteiger partial charge in [-0.1, -0.05) is 12.1 Å². The lowest BCUT2D eigenvalue weighted by atomic mass is 10.3. The number of fused-ring (bicyclic) bond motifs is 1. The third-order valence-corrected chi connectivity index (χ3v) is 1.66. The Labute approximate surface area is 64.4 Å². The standard InChI is InChI=1S/C7H9N3O/c11-5-10-7-4-2-1-3-6(7)8-9-10/h1-4,8-9,11H,5H2. The molecule has 0 aromatic heterocycles.